The molecule has 1 aromatic rings. The zero-order valence-corrected chi connectivity index (χ0v) is 12.1. The number of fused-ring (bicyclic) bond motifs is 1. The number of anilines is 1. The topological polar surface area (TPSA) is 58.6 Å². The Morgan fingerprint density at radius 2 is 2.15 bits per heavy atom. The first-order valence-corrected chi connectivity index (χ1v) is 6.89. The second-order valence-corrected chi connectivity index (χ2v) is 5.03. The van der Waals surface area contributed by atoms with Gasteiger partial charge in [-0.25, -0.2) is 0 Å². The van der Waals surface area contributed by atoms with E-state index in [0.717, 1.165) is 6.42 Å². The van der Waals surface area contributed by atoms with Crippen LogP contribution < -0.4 is 15.0 Å². The predicted octanol–water partition coefficient (Wildman–Crippen LogP) is 1.72. The minimum absolute atomic E-state index is 0.0217. The van der Waals surface area contributed by atoms with E-state index in [9.17, 15) is 9.59 Å². The molecule has 1 N–H and O–H groups in total. The van der Waals surface area contributed by atoms with Crippen molar-refractivity contribution in [3.05, 3.63) is 24.3 Å². The molecule has 1 heterocycles. The fraction of sp³-hybridized carbons (Fsp3) is 0.467. The number of carbonyl (C=O) groups excluding carboxylic acids is 2. The lowest BCUT2D eigenvalue weighted by Crippen LogP contribution is -2.49. The van der Waals surface area contributed by atoms with Gasteiger partial charge in [0.2, 0.25) is 5.91 Å². The molecular formula is C15H20N2O3. The zero-order chi connectivity index (χ0) is 14.7. The molecule has 0 radical (unpaired) electrons. The van der Waals surface area contributed by atoms with Crippen LogP contribution in [0.25, 0.3) is 0 Å². The van der Waals surface area contributed by atoms with E-state index >= 15 is 0 Å². The minimum atomic E-state index is -0.568. The van der Waals surface area contributed by atoms with Crippen molar-refractivity contribution in [1.82, 2.24) is 5.32 Å². The van der Waals surface area contributed by atoms with Gasteiger partial charge in [-0.2, -0.15) is 0 Å². The number of benzene rings is 1. The Morgan fingerprint density at radius 3 is 2.85 bits per heavy atom. The Bertz CT molecular complexity index is 516. The van der Waals surface area contributed by atoms with Crippen molar-refractivity contribution in [2.24, 2.45) is 0 Å². The molecule has 1 aliphatic heterocycles. The molecule has 2 atom stereocenters. The first kappa shape index (κ1) is 14.4. The molecule has 0 spiro atoms. The number of hydrogen-bond donors (Lipinski definition) is 1. The van der Waals surface area contributed by atoms with E-state index in [2.05, 4.69) is 5.32 Å². The molecule has 0 fully saturated rings. The van der Waals surface area contributed by atoms with Crippen LogP contribution in [-0.4, -0.2) is 30.5 Å². The average molecular weight is 276 g/mol. The van der Waals surface area contributed by atoms with Gasteiger partial charge in [0.25, 0.3) is 5.91 Å². The van der Waals surface area contributed by atoms with Crippen molar-refractivity contribution in [3.63, 3.8) is 0 Å². The molecule has 0 saturated heterocycles. The first-order chi connectivity index (χ1) is 9.52. The third-order valence-electron chi connectivity index (χ3n) is 3.40. The molecule has 0 bridgehead atoms. The van der Waals surface area contributed by atoms with Gasteiger partial charge in [-0.1, -0.05) is 19.1 Å². The fourth-order valence-corrected chi connectivity index (χ4v) is 2.09. The summed E-state index contributed by atoms with van der Waals surface area (Å²) in [7, 11) is 0. The molecule has 0 aliphatic carbocycles. The van der Waals surface area contributed by atoms with Gasteiger partial charge in [0.15, 0.2) is 6.10 Å². The maximum absolute atomic E-state index is 12.2. The van der Waals surface area contributed by atoms with E-state index in [0.29, 0.717) is 11.4 Å². The Labute approximate surface area is 118 Å². The van der Waals surface area contributed by atoms with Crippen LogP contribution in [0.5, 0.6) is 5.75 Å². The monoisotopic (exact) mass is 276 g/mol. The third kappa shape index (κ3) is 2.92. The summed E-state index contributed by atoms with van der Waals surface area (Å²) in [5, 5.41) is 2.87. The number of hydrogen-bond acceptors (Lipinski definition) is 3. The molecule has 0 aromatic heterocycles. The number of rotatable bonds is 4. The smallest absolute Gasteiger partial charge is 0.268 e. The molecule has 1 aliphatic rings. The van der Waals surface area contributed by atoms with Gasteiger partial charge in [0.1, 0.15) is 12.3 Å². The van der Waals surface area contributed by atoms with Gasteiger partial charge in [-0.15, -0.1) is 0 Å². The van der Waals surface area contributed by atoms with Crippen LogP contribution in [0, 0.1) is 0 Å². The van der Waals surface area contributed by atoms with Crippen molar-refractivity contribution in [2.75, 3.05) is 11.4 Å². The molecule has 5 nitrogen and oxygen atoms in total. The number of para-hydroxylation sites is 2. The molecule has 1 aromatic carbocycles. The minimum Gasteiger partial charge on any atom is -0.479 e. The van der Waals surface area contributed by atoms with Gasteiger partial charge >= 0.3 is 0 Å². The maximum atomic E-state index is 12.2. The normalized spacial score (nSPS) is 19.1. The highest BCUT2D eigenvalue weighted by atomic mass is 16.5. The van der Waals surface area contributed by atoms with Crippen LogP contribution in [0.4, 0.5) is 5.69 Å². The number of carbonyl (C=O) groups is 2. The molecule has 0 saturated carbocycles. The summed E-state index contributed by atoms with van der Waals surface area (Å²) >= 11 is 0. The van der Waals surface area contributed by atoms with Gasteiger partial charge < -0.3 is 10.1 Å². The van der Waals surface area contributed by atoms with Gasteiger partial charge in [0.05, 0.1) is 5.69 Å². The average Bonchev–Trinajstić information content (AvgIpc) is 2.43. The SMILES string of the molecule is CC[C@H](C)NC(=O)CN1C(=O)[C@H](C)Oc2ccccc21. The summed E-state index contributed by atoms with van der Waals surface area (Å²) in [5.74, 6) is 0.288. The van der Waals surface area contributed by atoms with Crippen molar-refractivity contribution in [3.8, 4) is 5.75 Å². The first-order valence-electron chi connectivity index (χ1n) is 6.89. The second kappa shape index (κ2) is 5.94. The van der Waals surface area contributed by atoms with Gasteiger partial charge in [-0.05, 0) is 32.4 Å². The molecule has 5 heteroatoms. The highest BCUT2D eigenvalue weighted by Gasteiger charge is 2.32. The maximum Gasteiger partial charge on any atom is 0.268 e. The highest BCUT2D eigenvalue weighted by Crippen LogP contribution is 2.33. The van der Waals surface area contributed by atoms with E-state index in [-0.39, 0.29) is 24.4 Å². The largest absolute Gasteiger partial charge is 0.479 e. The van der Waals surface area contributed by atoms with Crippen LogP contribution in [0.15, 0.2) is 24.3 Å². The van der Waals surface area contributed by atoms with E-state index in [4.69, 9.17) is 4.74 Å². The predicted molar refractivity (Wildman–Crippen MR) is 76.8 cm³/mol. The van der Waals surface area contributed by atoms with E-state index < -0.39 is 6.10 Å². The quantitative estimate of drug-likeness (QED) is 0.911. The van der Waals surface area contributed by atoms with Crippen molar-refractivity contribution in [1.29, 1.82) is 0 Å². The number of amides is 2. The third-order valence-corrected chi connectivity index (χ3v) is 3.40. The lowest BCUT2D eigenvalue weighted by Gasteiger charge is -2.32. The number of nitrogens with one attached hydrogen (secondary N) is 1. The number of ether oxygens (including phenoxy) is 1. The van der Waals surface area contributed by atoms with Crippen LogP contribution in [0.1, 0.15) is 27.2 Å². The van der Waals surface area contributed by atoms with Crippen molar-refractivity contribution >= 4 is 17.5 Å². The standard InChI is InChI=1S/C15H20N2O3/c1-4-10(2)16-14(18)9-17-12-7-5-6-8-13(12)20-11(3)15(17)19/h5-8,10-11H,4,9H2,1-3H3,(H,16,18)/t10-,11-/m0/s1. The molecule has 0 unspecified atom stereocenters. The van der Waals surface area contributed by atoms with Crippen molar-refractivity contribution < 1.29 is 14.3 Å². The summed E-state index contributed by atoms with van der Waals surface area (Å²) in [6.07, 6.45) is 0.289. The van der Waals surface area contributed by atoms with Crippen LogP contribution >= 0.6 is 0 Å². The van der Waals surface area contributed by atoms with Crippen molar-refractivity contribution in [2.45, 2.75) is 39.3 Å². The summed E-state index contributed by atoms with van der Waals surface area (Å²) < 4.78 is 5.54. The fourth-order valence-electron chi connectivity index (χ4n) is 2.09. The number of nitrogens with zero attached hydrogens (tertiary/aromatic N) is 1. The molecule has 2 amide bonds. The summed E-state index contributed by atoms with van der Waals surface area (Å²) in [4.78, 5) is 25.7. The lowest BCUT2D eigenvalue weighted by atomic mass is 10.2. The van der Waals surface area contributed by atoms with Crippen LogP contribution in [-0.2, 0) is 9.59 Å². The summed E-state index contributed by atoms with van der Waals surface area (Å²) in [6, 6.07) is 7.36. The Kier molecular flexibility index (Phi) is 4.27. The van der Waals surface area contributed by atoms with E-state index in [1.807, 2.05) is 26.0 Å². The Balaban J connectivity index is 2.17. The van der Waals surface area contributed by atoms with Crippen LogP contribution in [0.3, 0.4) is 0 Å². The van der Waals surface area contributed by atoms with E-state index in [1.54, 1.807) is 19.1 Å². The van der Waals surface area contributed by atoms with Gasteiger partial charge in [0, 0.05) is 6.04 Å². The second-order valence-electron chi connectivity index (χ2n) is 5.03. The highest BCUT2D eigenvalue weighted by molar-refractivity contribution is 6.03. The van der Waals surface area contributed by atoms with Crippen LogP contribution in [0.2, 0.25) is 0 Å². The molecule has 108 valence electrons. The zero-order valence-electron chi connectivity index (χ0n) is 12.1. The summed E-state index contributed by atoms with van der Waals surface area (Å²) in [6.45, 7) is 5.66. The lowest BCUT2D eigenvalue weighted by molar-refractivity contribution is -0.128. The Morgan fingerprint density at radius 1 is 1.45 bits per heavy atom. The molecule has 2 rings (SSSR count). The van der Waals surface area contributed by atoms with Gasteiger partial charge in [-0.3, -0.25) is 14.5 Å². The van der Waals surface area contributed by atoms with E-state index in [1.165, 1.54) is 4.90 Å². The molecule has 20 heavy (non-hydrogen) atoms. The molecular weight excluding hydrogens is 256 g/mol. The Hall–Kier alpha value is -2.04. The summed E-state index contributed by atoms with van der Waals surface area (Å²) in [5.41, 5.74) is 0.648.